The Hall–Kier alpha value is -0.220. The van der Waals surface area contributed by atoms with Gasteiger partial charge in [0, 0.05) is 12.3 Å². The zero-order valence-electron chi connectivity index (χ0n) is 4.13. The lowest BCUT2D eigenvalue weighted by atomic mass is 10.7. The smallest absolute Gasteiger partial charge is 0.112 e. The van der Waals surface area contributed by atoms with Crippen molar-refractivity contribution in [1.82, 2.24) is 4.37 Å². The monoisotopic (exact) mass is 145 g/mol. The SMILES string of the molecule is [CH2]Sc1cc(N)sn1. The van der Waals surface area contributed by atoms with E-state index in [2.05, 4.69) is 10.6 Å². The molecule has 1 heterocycles. The Bertz CT molecular complexity index is 172. The summed E-state index contributed by atoms with van der Waals surface area (Å²) >= 11 is 2.65. The van der Waals surface area contributed by atoms with Crippen LogP contribution in [0.2, 0.25) is 0 Å². The van der Waals surface area contributed by atoms with Crippen LogP contribution >= 0.6 is 23.3 Å². The van der Waals surface area contributed by atoms with Gasteiger partial charge in [-0.05, 0) is 11.5 Å². The number of anilines is 1. The number of nitrogens with zero attached hydrogens (tertiary/aromatic N) is 1. The van der Waals surface area contributed by atoms with Gasteiger partial charge >= 0.3 is 0 Å². The van der Waals surface area contributed by atoms with E-state index in [1.54, 1.807) is 0 Å². The first-order valence-corrected chi connectivity index (χ1v) is 3.73. The van der Waals surface area contributed by atoms with Crippen molar-refractivity contribution in [3.63, 3.8) is 0 Å². The van der Waals surface area contributed by atoms with Gasteiger partial charge in [0.15, 0.2) is 0 Å². The molecule has 1 radical (unpaired) electrons. The molecule has 1 rings (SSSR count). The quantitative estimate of drug-likeness (QED) is 0.610. The fourth-order valence-electron chi connectivity index (χ4n) is 0.340. The Morgan fingerprint density at radius 3 is 2.88 bits per heavy atom. The summed E-state index contributed by atoms with van der Waals surface area (Å²) in [4.78, 5) is 0. The van der Waals surface area contributed by atoms with Gasteiger partial charge in [0.25, 0.3) is 0 Å². The third-order valence-electron chi connectivity index (χ3n) is 0.655. The lowest BCUT2D eigenvalue weighted by Gasteiger charge is -1.77. The van der Waals surface area contributed by atoms with Crippen molar-refractivity contribution in [1.29, 1.82) is 0 Å². The molecular formula is C4H5N2S2. The maximum Gasteiger partial charge on any atom is 0.112 e. The number of aromatic nitrogens is 1. The van der Waals surface area contributed by atoms with Gasteiger partial charge in [-0.3, -0.25) is 0 Å². The molecule has 0 atom stereocenters. The summed E-state index contributed by atoms with van der Waals surface area (Å²) in [6, 6.07) is 1.81. The Morgan fingerprint density at radius 2 is 2.62 bits per heavy atom. The summed E-state index contributed by atoms with van der Waals surface area (Å²) in [6.45, 7) is 0. The van der Waals surface area contributed by atoms with Gasteiger partial charge in [0.05, 0.1) is 0 Å². The molecule has 2 N–H and O–H groups in total. The van der Waals surface area contributed by atoms with Crippen LogP contribution in [-0.4, -0.2) is 4.37 Å². The summed E-state index contributed by atoms with van der Waals surface area (Å²) in [5, 5.41) is 1.64. The van der Waals surface area contributed by atoms with Crippen molar-refractivity contribution >= 4 is 28.3 Å². The Kier molecular flexibility index (Phi) is 1.75. The fourth-order valence-corrected chi connectivity index (χ4v) is 1.36. The molecule has 0 saturated heterocycles. The molecule has 0 amide bonds. The molecule has 0 aliphatic heterocycles. The number of hydrogen-bond donors (Lipinski definition) is 1. The predicted octanol–water partition coefficient (Wildman–Crippen LogP) is 1.61. The minimum atomic E-state index is 0.746. The largest absolute Gasteiger partial charge is 0.389 e. The van der Waals surface area contributed by atoms with E-state index in [0.29, 0.717) is 0 Å². The van der Waals surface area contributed by atoms with Crippen LogP contribution in [0.3, 0.4) is 0 Å². The highest BCUT2D eigenvalue weighted by Gasteiger charge is 1.92. The predicted molar refractivity (Wildman–Crippen MR) is 37.7 cm³/mol. The Morgan fingerprint density at radius 1 is 1.88 bits per heavy atom. The van der Waals surface area contributed by atoms with Gasteiger partial charge in [-0.2, -0.15) is 4.37 Å². The van der Waals surface area contributed by atoms with Gasteiger partial charge in [-0.1, -0.05) is 0 Å². The maximum absolute atomic E-state index is 5.37. The average Bonchev–Trinajstić information content (AvgIpc) is 2.14. The molecule has 43 valence electrons. The molecule has 2 nitrogen and oxygen atoms in total. The Labute approximate surface area is 56.3 Å². The zero-order valence-corrected chi connectivity index (χ0v) is 5.76. The summed E-state index contributed by atoms with van der Waals surface area (Å²) in [6.07, 6.45) is 3.57. The molecular weight excluding hydrogens is 140 g/mol. The van der Waals surface area contributed by atoms with Gasteiger partial charge in [0.2, 0.25) is 0 Å². The van der Waals surface area contributed by atoms with E-state index in [0.717, 1.165) is 10.0 Å². The topological polar surface area (TPSA) is 38.9 Å². The second-order valence-corrected chi connectivity index (χ2v) is 2.76. The molecule has 0 unspecified atom stereocenters. The molecule has 0 bridgehead atoms. The fraction of sp³-hybridized carbons (Fsp3) is 0. The molecule has 0 fully saturated rings. The van der Waals surface area contributed by atoms with Crippen LogP contribution in [0.1, 0.15) is 0 Å². The van der Waals surface area contributed by atoms with Crippen LogP contribution in [0.25, 0.3) is 0 Å². The highest BCUT2D eigenvalue weighted by molar-refractivity contribution is 8.00. The van der Waals surface area contributed by atoms with E-state index in [1.165, 1.54) is 23.3 Å². The number of nitrogens with two attached hydrogens (primary N) is 1. The van der Waals surface area contributed by atoms with Gasteiger partial charge in [0.1, 0.15) is 10.0 Å². The van der Waals surface area contributed by atoms with Crippen LogP contribution in [0, 0.1) is 6.26 Å². The number of thioether (sulfide) groups is 1. The zero-order chi connectivity index (χ0) is 5.98. The van der Waals surface area contributed by atoms with Crippen molar-refractivity contribution in [2.24, 2.45) is 0 Å². The summed E-state index contributed by atoms with van der Waals surface area (Å²) in [5.74, 6) is 0. The summed E-state index contributed by atoms with van der Waals surface area (Å²) < 4.78 is 3.95. The molecule has 0 saturated carbocycles. The number of nitrogen functional groups attached to an aromatic ring is 1. The van der Waals surface area contributed by atoms with Crippen molar-refractivity contribution < 1.29 is 0 Å². The molecule has 8 heavy (non-hydrogen) atoms. The Balaban J connectivity index is 2.84. The third kappa shape index (κ3) is 1.14. The first-order chi connectivity index (χ1) is 3.83. The average molecular weight is 145 g/mol. The summed E-state index contributed by atoms with van der Waals surface area (Å²) in [5.41, 5.74) is 5.37. The minimum absolute atomic E-state index is 0.746. The molecule has 0 aliphatic rings. The second kappa shape index (κ2) is 2.37. The van der Waals surface area contributed by atoms with Crippen LogP contribution in [0.15, 0.2) is 11.1 Å². The van der Waals surface area contributed by atoms with Crippen LogP contribution in [-0.2, 0) is 0 Å². The van der Waals surface area contributed by atoms with E-state index in [9.17, 15) is 0 Å². The van der Waals surface area contributed by atoms with Crippen LogP contribution in [0.5, 0.6) is 0 Å². The molecule has 4 heteroatoms. The molecule has 1 aromatic rings. The van der Waals surface area contributed by atoms with E-state index in [-0.39, 0.29) is 0 Å². The van der Waals surface area contributed by atoms with E-state index in [4.69, 9.17) is 5.73 Å². The van der Waals surface area contributed by atoms with Crippen molar-refractivity contribution in [3.8, 4) is 0 Å². The minimum Gasteiger partial charge on any atom is -0.389 e. The number of rotatable bonds is 1. The standard InChI is InChI=1S/C4H5N2S2/c1-7-4-2-3(5)8-6-4/h2H,1,5H2. The van der Waals surface area contributed by atoms with Crippen LogP contribution < -0.4 is 5.73 Å². The maximum atomic E-state index is 5.37. The number of hydrogen-bond acceptors (Lipinski definition) is 4. The molecule has 0 aliphatic carbocycles. The van der Waals surface area contributed by atoms with E-state index >= 15 is 0 Å². The van der Waals surface area contributed by atoms with Gasteiger partial charge in [-0.15, -0.1) is 11.8 Å². The third-order valence-corrected chi connectivity index (χ3v) is 1.89. The van der Waals surface area contributed by atoms with Gasteiger partial charge < -0.3 is 5.73 Å². The van der Waals surface area contributed by atoms with Crippen molar-refractivity contribution in [3.05, 3.63) is 12.3 Å². The van der Waals surface area contributed by atoms with E-state index in [1.807, 2.05) is 6.07 Å². The lowest BCUT2D eigenvalue weighted by Crippen LogP contribution is -1.73. The van der Waals surface area contributed by atoms with E-state index < -0.39 is 0 Å². The molecule has 1 aromatic heterocycles. The molecule has 0 aromatic carbocycles. The summed E-state index contributed by atoms with van der Waals surface area (Å²) in [7, 11) is 0. The van der Waals surface area contributed by atoms with Crippen molar-refractivity contribution in [2.45, 2.75) is 5.03 Å². The van der Waals surface area contributed by atoms with Gasteiger partial charge in [-0.25, -0.2) is 0 Å². The molecule has 0 spiro atoms. The normalized spacial score (nSPS) is 9.62. The highest BCUT2D eigenvalue weighted by Crippen LogP contribution is 2.20. The first kappa shape index (κ1) is 5.91. The lowest BCUT2D eigenvalue weighted by molar-refractivity contribution is 1.30. The van der Waals surface area contributed by atoms with Crippen molar-refractivity contribution in [2.75, 3.05) is 5.73 Å². The first-order valence-electron chi connectivity index (χ1n) is 1.97. The highest BCUT2D eigenvalue weighted by atomic mass is 32.2. The van der Waals surface area contributed by atoms with Crippen LogP contribution in [0.4, 0.5) is 5.00 Å². The second-order valence-electron chi connectivity index (χ2n) is 1.21.